The van der Waals surface area contributed by atoms with E-state index in [-0.39, 0.29) is 5.91 Å². The molecule has 5 nitrogen and oxygen atoms in total. The number of amides is 1. The van der Waals surface area contributed by atoms with Crippen LogP contribution in [0.4, 0.5) is 5.69 Å². The van der Waals surface area contributed by atoms with Gasteiger partial charge in [0, 0.05) is 12.2 Å². The molecule has 2 aromatic heterocycles. The van der Waals surface area contributed by atoms with E-state index in [4.69, 9.17) is 0 Å². The summed E-state index contributed by atoms with van der Waals surface area (Å²) in [5.41, 5.74) is 2.07. The summed E-state index contributed by atoms with van der Waals surface area (Å²) in [6, 6.07) is 12.1. The number of benzene rings is 1. The molecule has 0 spiro atoms. The molecule has 3 rings (SSSR count). The minimum absolute atomic E-state index is 0.0286. The Morgan fingerprint density at radius 2 is 2.04 bits per heavy atom. The number of anilines is 1. The Morgan fingerprint density at radius 1 is 1.22 bits per heavy atom. The van der Waals surface area contributed by atoms with Gasteiger partial charge < -0.3 is 9.88 Å². The van der Waals surface area contributed by atoms with Crippen LogP contribution >= 0.6 is 23.1 Å². The number of para-hydroxylation sites is 1. The van der Waals surface area contributed by atoms with Crippen LogP contribution < -0.4 is 5.32 Å². The first kappa shape index (κ1) is 19.6. The fourth-order valence-electron chi connectivity index (χ4n) is 2.85. The van der Waals surface area contributed by atoms with Gasteiger partial charge in [0.1, 0.15) is 0 Å². The molecule has 7 heteroatoms. The van der Waals surface area contributed by atoms with Gasteiger partial charge in [-0.1, -0.05) is 49.9 Å². The molecule has 1 aromatic carbocycles. The van der Waals surface area contributed by atoms with Crippen LogP contribution in [0.3, 0.4) is 0 Å². The first-order valence-corrected chi connectivity index (χ1v) is 11.0. The van der Waals surface area contributed by atoms with Crippen molar-refractivity contribution in [3.63, 3.8) is 0 Å². The zero-order chi connectivity index (χ0) is 19.2. The van der Waals surface area contributed by atoms with Crippen molar-refractivity contribution in [1.29, 1.82) is 0 Å². The van der Waals surface area contributed by atoms with Gasteiger partial charge in [-0.05, 0) is 42.3 Å². The van der Waals surface area contributed by atoms with Crippen molar-refractivity contribution < 1.29 is 4.79 Å². The largest absolute Gasteiger partial charge is 0.325 e. The maximum atomic E-state index is 12.5. The summed E-state index contributed by atoms with van der Waals surface area (Å²) in [4.78, 5) is 13.6. The zero-order valence-corrected chi connectivity index (χ0v) is 17.4. The predicted octanol–water partition coefficient (Wildman–Crippen LogP) is 5.27. The standard InChI is InChI=1S/C20H24N4OS2/c1-4-14(3)15-9-6-7-10-16(15)21-18(25)13-27-20-23-22-19(24(20)5-2)17-11-8-12-26-17/h6-12,14H,4-5,13H2,1-3H3,(H,21,25)/t14-/m1/s1. The van der Waals surface area contributed by atoms with Crippen molar-refractivity contribution in [3.05, 3.63) is 47.3 Å². The molecular formula is C20H24N4OS2. The highest BCUT2D eigenvalue weighted by Gasteiger charge is 2.16. The van der Waals surface area contributed by atoms with Gasteiger partial charge in [-0.2, -0.15) is 0 Å². The van der Waals surface area contributed by atoms with E-state index in [2.05, 4.69) is 46.9 Å². The van der Waals surface area contributed by atoms with Crippen LogP contribution in [0.5, 0.6) is 0 Å². The molecule has 1 atom stereocenters. The first-order chi connectivity index (χ1) is 13.1. The summed E-state index contributed by atoms with van der Waals surface area (Å²) in [7, 11) is 0. The van der Waals surface area contributed by atoms with Gasteiger partial charge in [0.25, 0.3) is 0 Å². The second-order valence-corrected chi connectivity index (χ2v) is 8.15. The molecule has 0 aliphatic rings. The molecule has 0 aliphatic carbocycles. The lowest BCUT2D eigenvalue weighted by Crippen LogP contribution is -2.16. The summed E-state index contributed by atoms with van der Waals surface area (Å²) < 4.78 is 2.05. The Bertz CT molecular complexity index is 889. The van der Waals surface area contributed by atoms with Crippen LogP contribution in [0.15, 0.2) is 46.9 Å². The molecule has 0 radical (unpaired) electrons. The molecule has 0 saturated carbocycles. The van der Waals surface area contributed by atoms with Crippen molar-refractivity contribution in [3.8, 4) is 10.7 Å². The maximum Gasteiger partial charge on any atom is 0.234 e. The van der Waals surface area contributed by atoms with Crippen molar-refractivity contribution in [2.75, 3.05) is 11.1 Å². The van der Waals surface area contributed by atoms with Crippen LogP contribution in [-0.2, 0) is 11.3 Å². The lowest BCUT2D eigenvalue weighted by molar-refractivity contribution is -0.113. The predicted molar refractivity (Wildman–Crippen MR) is 114 cm³/mol. The molecule has 1 N–H and O–H groups in total. The molecule has 1 amide bonds. The van der Waals surface area contributed by atoms with Crippen LogP contribution in [0.1, 0.15) is 38.7 Å². The van der Waals surface area contributed by atoms with Crippen LogP contribution in [0.2, 0.25) is 0 Å². The number of carbonyl (C=O) groups is 1. The van der Waals surface area contributed by atoms with E-state index in [1.807, 2.05) is 35.7 Å². The Kier molecular flexibility index (Phi) is 6.68. The second-order valence-electron chi connectivity index (χ2n) is 6.26. The smallest absolute Gasteiger partial charge is 0.234 e. The fourth-order valence-corrected chi connectivity index (χ4v) is 4.37. The number of thioether (sulfide) groups is 1. The number of nitrogens with zero attached hydrogens (tertiary/aromatic N) is 3. The maximum absolute atomic E-state index is 12.5. The van der Waals surface area contributed by atoms with E-state index in [0.717, 1.165) is 34.5 Å². The molecule has 0 saturated heterocycles. The summed E-state index contributed by atoms with van der Waals surface area (Å²) in [5.74, 6) is 1.54. The van der Waals surface area contributed by atoms with E-state index < -0.39 is 0 Å². The zero-order valence-electron chi connectivity index (χ0n) is 15.8. The van der Waals surface area contributed by atoms with E-state index in [1.54, 1.807) is 11.3 Å². The quantitative estimate of drug-likeness (QED) is 0.523. The molecule has 3 aromatic rings. The van der Waals surface area contributed by atoms with E-state index in [1.165, 1.54) is 17.3 Å². The van der Waals surface area contributed by atoms with Crippen LogP contribution in [0.25, 0.3) is 10.7 Å². The van der Waals surface area contributed by atoms with Crippen molar-refractivity contribution in [1.82, 2.24) is 14.8 Å². The third kappa shape index (κ3) is 4.59. The highest BCUT2D eigenvalue weighted by Crippen LogP contribution is 2.28. The lowest BCUT2D eigenvalue weighted by Gasteiger charge is -2.15. The van der Waals surface area contributed by atoms with Gasteiger partial charge in [-0.15, -0.1) is 21.5 Å². The monoisotopic (exact) mass is 400 g/mol. The van der Waals surface area contributed by atoms with Gasteiger partial charge >= 0.3 is 0 Å². The third-order valence-corrected chi connectivity index (χ3v) is 6.32. The Hall–Kier alpha value is -2.12. The topological polar surface area (TPSA) is 59.8 Å². The SMILES string of the molecule is CC[C@@H](C)c1ccccc1NC(=O)CSc1nnc(-c2cccs2)n1CC. The first-order valence-electron chi connectivity index (χ1n) is 9.12. The number of aromatic nitrogens is 3. The normalized spacial score (nSPS) is 12.1. The van der Waals surface area contributed by atoms with Crippen LogP contribution in [-0.4, -0.2) is 26.4 Å². The van der Waals surface area contributed by atoms with Gasteiger partial charge in [-0.3, -0.25) is 4.79 Å². The molecule has 0 unspecified atom stereocenters. The number of hydrogen-bond donors (Lipinski definition) is 1. The lowest BCUT2D eigenvalue weighted by atomic mass is 9.97. The Morgan fingerprint density at radius 3 is 2.74 bits per heavy atom. The number of thiophene rings is 1. The minimum atomic E-state index is -0.0286. The molecule has 142 valence electrons. The van der Waals surface area contributed by atoms with Crippen molar-refractivity contribution >= 4 is 34.7 Å². The van der Waals surface area contributed by atoms with E-state index in [0.29, 0.717) is 11.7 Å². The van der Waals surface area contributed by atoms with E-state index >= 15 is 0 Å². The van der Waals surface area contributed by atoms with Gasteiger partial charge in [0.15, 0.2) is 11.0 Å². The number of nitrogens with one attached hydrogen (secondary N) is 1. The number of carbonyl (C=O) groups excluding carboxylic acids is 1. The summed E-state index contributed by atoms with van der Waals surface area (Å²) in [6.07, 6.45) is 1.03. The highest BCUT2D eigenvalue weighted by molar-refractivity contribution is 7.99. The Balaban J connectivity index is 1.67. The Labute approximate surface area is 168 Å². The van der Waals surface area contributed by atoms with Crippen molar-refractivity contribution in [2.24, 2.45) is 0 Å². The molecule has 0 aliphatic heterocycles. The highest BCUT2D eigenvalue weighted by atomic mass is 32.2. The van der Waals surface area contributed by atoms with Gasteiger partial charge in [0.2, 0.25) is 5.91 Å². The average molecular weight is 401 g/mol. The third-order valence-electron chi connectivity index (χ3n) is 4.49. The number of hydrogen-bond acceptors (Lipinski definition) is 5. The minimum Gasteiger partial charge on any atom is -0.325 e. The molecule has 0 fully saturated rings. The summed E-state index contributed by atoms with van der Waals surface area (Å²) >= 11 is 3.06. The molecule has 0 bridgehead atoms. The number of rotatable bonds is 8. The van der Waals surface area contributed by atoms with Crippen molar-refractivity contribution in [2.45, 2.75) is 44.8 Å². The van der Waals surface area contributed by atoms with E-state index in [9.17, 15) is 4.79 Å². The fraction of sp³-hybridized carbons (Fsp3) is 0.350. The molecule has 27 heavy (non-hydrogen) atoms. The molecular weight excluding hydrogens is 376 g/mol. The molecule has 2 heterocycles. The summed E-state index contributed by atoms with van der Waals surface area (Å²) in [5, 5.41) is 14.4. The second kappa shape index (κ2) is 9.19. The van der Waals surface area contributed by atoms with Gasteiger partial charge in [-0.25, -0.2) is 0 Å². The average Bonchev–Trinajstić information content (AvgIpc) is 3.35. The van der Waals surface area contributed by atoms with Crippen LogP contribution in [0, 0.1) is 0 Å². The summed E-state index contributed by atoms with van der Waals surface area (Å²) in [6.45, 7) is 7.16. The van der Waals surface area contributed by atoms with Gasteiger partial charge in [0.05, 0.1) is 10.6 Å².